The first kappa shape index (κ1) is 8.91. The molecule has 2 nitrogen and oxygen atoms in total. The number of aromatic hydroxyl groups is 1. The van der Waals surface area contributed by atoms with E-state index in [2.05, 4.69) is 6.26 Å². The quantitative estimate of drug-likeness (QED) is 0.674. The van der Waals surface area contributed by atoms with Crippen molar-refractivity contribution in [2.75, 3.05) is 6.26 Å². The molecule has 0 spiro atoms. The van der Waals surface area contributed by atoms with Gasteiger partial charge in [0.1, 0.15) is 5.75 Å². The van der Waals surface area contributed by atoms with E-state index in [0.29, 0.717) is 5.75 Å². The molecule has 0 bridgehead atoms. The number of nitrogens with two attached hydrogens (primary N) is 1. The third-order valence-electron chi connectivity index (χ3n) is 2.59. The molecule has 1 aromatic rings. The van der Waals surface area contributed by atoms with E-state index in [4.69, 9.17) is 5.73 Å². The molecule has 0 radical (unpaired) electrons. The predicted molar refractivity (Wildman–Crippen MR) is 55.1 cm³/mol. The maximum Gasteiger partial charge on any atom is 0.120 e. The molecule has 0 saturated carbocycles. The van der Waals surface area contributed by atoms with Gasteiger partial charge in [-0.05, 0) is 36.8 Å². The topological polar surface area (TPSA) is 46.2 Å². The number of rotatable bonds is 1. The molecular formula is C10H13NOS. The fourth-order valence-corrected chi connectivity index (χ4v) is 2.60. The first-order chi connectivity index (χ1) is 6.24. The zero-order valence-electron chi connectivity index (χ0n) is 7.58. The Morgan fingerprint density at radius 3 is 3.00 bits per heavy atom. The minimum Gasteiger partial charge on any atom is -0.508 e. The van der Waals surface area contributed by atoms with Crippen LogP contribution < -0.4 is 5.73 Å². The van der Waals surface area contributed by atoms with Crippen LogP contribution in [0.2, 0.25) is 0 Å². The molecule has 70 valence electrons. The third kappa shape index (κ3) is 1.32. The highest BCUT2D eigenvalue weighted by atomic mass is 32.2. The van der Waals surface area contributed by atoms with Gasteiger partial charge in [-0.1, -0.05) is 0 Å². The van der Waals surface area contributed by atoms with E-state index in [0.717, 1.165) is 18.4 Å². The number of hydrogen-bond acceptors (Lipinski definition) is 3. The summed E-state index contributed by atoms with van der Waals surface area (Å²) in [4.78, 5) is 1.25. The Labute approximate surface area is 82.1 Å². The molecule has 2 rings (SSSR count). The predicted octanol–water partition coefficient (Wildman–Crippen LogP) is 2.06. The summed E-state index contributed by atoms with van der Waals surface area (Å²) >= 11 is 1.72. The molecular weight excluding hydrogens is 182 g/mol. The Morgan fingerprint density at radius 2 is 2.31 bits per heavy atom. The van der Waals surface area contributed by atoms with Crippen LogP contribution in [0.4, 0.5) is 0 Å². The Kier molecular flexibility index (Phi) is 2.22. The molecule has 0 amide bonds. The first-order valence-electron chi connectivity index (χ1n) is 4.38. The molecule has 1 aromatic carbocycles. The van der Waals surface area contributed by atoms with Gasteiger partial charge in [0.2, 0.25) is 0 Å². The summed E-state index contributed by atoms with van der Waals surface area (Å²) in [5.41, 5.74) is 8.12. The van der Waals surface area contributed by atoms with Crippen LogP contribution in [0.25, 0.3) is 0 Å². The summed E-state index contributed by atoms with van der Waals surface area (Å²) in [6.45, 7) is 0. The van der Waals surface area contributed by atoms with E-state index in [1.807, 2.05) is 6.07 Å². The van der Waals surface area contributed by atoms with Crippen LogP contribution in [0.3, 0.4) is 0 Å². The molecule has 0 saturated heterocycles. The molecule has 3 N–H and O–H groups in total. The standard InChI is InChI=1S/C10H13NOS/c1-13-9-5-4-8(12)10-6(9)2-3-7(10)11/h4-5,7,12H,2-3,11H2,1H3/t7-/m0/s1. The zero-order valence-corrected chi connectivity index (χ0v) is 8.40. The van der Waals surface area contributed by atoms with Gasteiger partial charge in [0.25, 0.3) is 0 Å². The maximum atomic E-state index is 9.63. The summed E-state index contributed by atoms with van der Waals surface area (Å²) < 4.78 is 0. The van der Waals surface area contributed by atoms with Crippen molar-refractivity contribution < 1.29 is 5.11 Å². The van der Waals surface area contributed by atoms with Gasteiger partial charge < -0.3 is 10.8 Å². The summed E-state index contributed by atoms with van der Waals surface area (Å²) in [5.74, 6) is 0.359. The molecule has 0 aromatic heterocycles. The fourth-order valence-electron chi connectivity index (χ4n) is 1.94. The van der Waals surface area contributed by atoms with E-state index >= 15 is 0 Å². The van der Waals surface area contributed by atoms with Crippen molar-refractivity contribution in [2.24, 2.45) is 5.73 Å². The first-order valence-corrected chi connectivity index (χ1v) is 5.61. The van der Waals surface area contributed by atoms with Crippen molar-refractivity contribution in [3.05, 3.63) is 23.3 Å². The van der Waals surface area contributed by atoms with Crippen LogP contribution >= 0.6 is 11.8 Å². The van der Waals surface area contributed by atoms with Gasteiger partial charge in [-0.3, -0.25) is 0 Å². The Balaban J connectivity index is 2.59. The largest absolute Gasteiger partial charge is 0.508 e. The van der Waals surface area contributed by atoms with Crippen LogP contribution in [-0.2, 0) is 6.42 Å². The van der Waals surface area contributed by atoms with Crippen LogP contribution in [-0.4, -0.2) is 11.4 Å². The molecule has 0 heterocycles. The van der Waals surface area contributed by atoms with E-state index < -0.39 is 0 Å². The highest BCUT2D eigenvalue weighted by Crippen LogP contribution is 2.40. The minimum atomic E-state index is 0.0297. The Hall–Kier alpha value is -0.670. The van der Waals surface area contributed by atoms with Gasteiger partial charge in [-0.15, -0.1) is 11.8 Å². The molecule has 0 fully saturated rings. The van der Waals surface area contributed by atoms with Crippen molar-refractivity contribution in [1.82, 2.24) is 0 Å². The normalized spacial score (nSPS) is 20.3. The van der Waals surface area contributed by atoms with Crippen LogP contribution in [0, 0.1) is 0 Å². The van der Waals surface area contributed by atoms with E-state index in [1.54, 1.807) is 17.8 Å². The summed E-state index contributed by atoms with van der Waals surface area (Å²) in [7, 11) is 0. The third-order valence-corrected chi connectivity index (χ3v) is 3.41. The van der Waals surface area contributed by atoms with Gasteiger partial charge in [0, 0.05) is 16.5 Å². The van der Waals surface area contributed by atoms with Crippen molar-refractivity contribution in [2.45, 2.75) is 23.8 Å². The van der Waals surface area contributed by atoms with Crippen LogP contribution in [0.5, 0.6) is 5.75 Å². The number of hydrogen-bond donors (Lipinski definition) is 2. The van der Waals surface area contributed by atoms with Crippen molar-refractivity contribution in [1.29, 1.82) is 0 Å². The summed E-state index contributed by atoms with van der Waals surface area (Å²) in [6.07, 6.45) is 4.01. The van der Waals surface area contributed by atoms with E-state index in [9.17, 15) is 5.11 Å². The van der Waals surface area contributed by atoms with Gasteiger partial charge in [-0.25, -0.2) is 0 Å². The molecule has 1 aliphatic carbocycles. The molecule has 3 heteroatoms. The number of thioether (sulfide) groups is 1. The maximum absolute atomic E-state index is 9.63. The van der Waals surface area contributed by atoms with Crippen molar-refractivity contribution in [3.63, 3.8) is 0 Å². The Morgan fingerprint density at radius 1 is 1.54 bits per heavy atom. The highest BCUT2D eigenvalue weighted by molar-refractivity contribution is 7.98. The van der Waals surface area contributed by atoms with Crippen molar-refractivity contribution in [3.8, 4) is 5.75 Å². The zero-order chi connectivity index (χ0) is 9.42. The van der Waals surface area contributed by atoms with Crippen LogP contribution in [0.15, 0.2) is 17.0 Å². The van der Waals surface area contributed by atoms with Gasteiger partial charge in [0.05, 0.1) is 0 Å². The molecule has 0 unspecified atom stereocenters. The van der Waals surface area contributed by atoms with Crippen molar-refractivity contribution >= 4 is 11.8 Å². The van der Waals surface area contributed by atoms with Gasteiger partial charge >= 0.3 is 0 Å². The average molecular weight is 195 g/mol. The van der Waals surface area contributed by atoms with Gasteiger partial charge in [0.15, 0.2) is 0 Å². The molecule has 13 heavy (non-hydrogen) atoms. The number of benzene rings is 1. The average Bonchev–Trinajstić information content (AvgIpc) is 2.50. The number of fused-ring (bicyclic) bond motifs is 1. The SMILES string of the molecule is CSc1ccc(O)c2c1CC[C@@H]2N. The van der Waals surface area contributed by atoms with E-state index in [1.165, 1.54) is 10.5 Å². The number of phenols is 1. The van der Waals surface area contributed by atoms with Gasteiger partial charge in [-0.2, -0.15) is 0 Å². The fraction of sp³-hybridized carbons (Fsp3) is 0.400. The Bertz CT molecular complexity index is 338. The molecule has 1 aliphatic rings. The summed E-state index contributed by atoms with van der Waals surface area (Å²) in [6, 6.07) is 3.74. The second-order valence-electron chi connectivity index (χ2n) is 3.32. The van der Waals surface area contributed by atoms with E-state index in [-0.39, 0.29) is 6.04 Å². The second-order valence-corrected chi connectivity index (χ2v) is 4.17. The molecule has 0 aliphatic heterocycles. The van der Waals surface area contributed by atoms with Crippen LogP contribution in [0.1, 0.15) is 23.6 Å². The lowest BCUT2D eigenvalue weighted by atomic mass is 10.1. The molecule has 1 atom stereocenters. The lowest BCUT2D eigenvalue weighted by molar-refractivity contribution is 0.463. The minimum absolute atomic E-state index is 0.0297. The lowest BCUT2D eigenvalue weighted by Crippen LogP contribution is -2.05. The smallest absolute Gasteiger partial charge is 0.120 e. The second kappa shape index (κ2) is 3.24. The summed E-state index contributed by atoms with van der Waals surface area (Å²) in [5, 5.41) is 9.63. The number of phenolic OH excluding ortho intramolecular Hbond substituents is 1. The lowest BCUT2D eigenvalue weighted by Gasteiger charge is -2.09. The monoisotopic (exact) mass is 195 g/mol. The highest BCUT2D eigenvalue weighted by Gasteiger charge is 2.24.